The van der Waals surface area contributed by atoms with Gasteiger partial charge in [-0.25, -0.2) is 5.43 Å². The van der Waals surface area contributed by atoms with Gasteiger partial charge in [0.05, 0.1) is 22.3 Å². The minimum Gasteiger partial charge on any atom is -0.506 e. The van der Waals surface area contributed by atoms with Crippen molar-refractivity contribution in [2.24, 2.45) is 5.10 Å². The summed E-state index contributed by atoms with van der Waals surface area (Å²) in [5.41, 5.74) is 2.66. The van der Waals surface area contributed by atoms with Crippen molar-refractivity contribution in [3.8, 4) is 17.2 Å². The van der Waals surface area contributed by atoms with E-state index < -0.39 is 5.91 Å². The van der Waals surface area contributed by atoms with Gasteiger partial charge < -0.3 is 14.6 Å². The number of halogens is 4. The van der Waals surface area contributed by atoms with E-state index in [1.807, 2.05) is 0 Å². The number of rotatable bonds is 6. The number of ether oxygens (including phenoxy) is 2. The van der Waals surface area contributed by atoms with Crippen LogP contribution in [0.15, 0.2) is 42.8 Å². The predicted molar refractivity (Wildman–Crippen MR) is 110 cm³/mol. The highest BCUT2D eigenvalue weighted by Crippen LogP contribution is 2.38. The lowest BCUT2D eigenvalue weighted by molar-refractivity contribution is -0.123. The molecule has 2 aromatic rings. The molecule has 0 fully saturated rings. The van der Waals surface area contributed by atoms with Crippen LogP contribution < -0.4 is 14.9 Å². The summed E-state index contributed by atoms with van der Waals surface area (Å²) in [7, 11) is 1.50. The number of nitrogens with zero attached hydrogens (tertiary/aromatic N) is 1. The number of aromatic hydroxyl groups is 1. The summed E-state index contributed by atoms with van der Waals surface area (Å²) in [4.78, 5) is 11.9. The maximum absolute atomic E-state index is 11.9. The van der Waals surface area contributed by atoms with E-state index >= 15 is 0 Å². The molecule has 6 nitrogen and oxygen atoms in total. The molecule has 2 aromatic carbocycles. The minimum atomic E-state index is -0.487. The van der Waals surface area contributed by atoms with Crippen molar-refractivity contribution in [2.45, 2.75) is 0 Å². The molecule has 0 aliphatic carbocycles. The molecule has 0 atom stereocenters. The fourth-order valence-corrected chi connectivity index (χ4v) is 3.99. The Morgan fingerprint density at radius 3 is 2.69 bits per heavy atom. The van der Waals surface area contributed by atoms with Gasteiger partial charge >= 0.3 is 0 Å². The number of phenols is 1. The fraction of sp³-hybridized carbons (Fsp3) is 0.125. The van der Waals surface area contributed by atoms with E-state index in [2.05, 4.69) is 58.3 Å². The molecule has 0 heterocycles. The number of phenolic OH excluding ortho intramolecular Hbond substituents is 1. The van der Waals surface area contributed by atoms with E-state index in [1.54, 1.807) is 18.2 Å². The first-order valence-corrected chi connectivity index (χ1v) is 9.73. The van der Waals surface area contributed by atoms with Crippen molar-refractivity contribution in [1.82, 2.24) is 5.43 Å². The van der Waals surface area contributed by atoms with Gasteiger partial charge in [-0.05, 0) is 56.1 Å². The van der Waals surface area contributed by atoms with E-state index in [0.29, 0.717) is 31.0 Å². The zero-order chi connectivity index (χ0) is 19.3. The highest BCUT2D eigenvalue weighted by atomic mass is 79.9. The van der Waals surface area contributed by atoms with Crippen molar-refractivity contribution in [2.75, 3.05) is 13.7 Å². The largest absolute Gasteiger partial charge is 0.506 e. The molecule has 1 amide bonds. The second-order valence-electron chi connectivity index (χ2n) is 4.83. The number of nitrogens with one attached hydrogen (secondary N) is 1. The van der Waals surface area contributed by atoms with Crippen LogP contribution in [0.25, 0.3) is 0 Å². The van der Waals surface area contributed by atoms with Crippen LogP contribution >= 0.6 is 59.4 Å². The molecule has 0 spiro atoms. The minimum absolute atomic E-state index is 0.0350. The van der Waals surface area contributed by atoms with Gasteiger partial charge in [-0.3, -0.25) is 4.79 Å². The summed E-state index contributed by atoms with van der Waals surface area (Å²) in [5.74, 6) is 0.341. The Hall–Kier alpha value is -1.29. The molecule has 10 heteroatoms. The molecule has 138 valence electrons. The van der Waals surface area contributed by atoms with Crippen molar-refractivity contribution < 1.29 is 19.4 Å². The van der Waals surface area contributed by atoms with E-state index in [4.69, 9.17) is 21.1 Å². The topological polar surface area (TPSA) is 80.2 Å². The summed E-state index contributed by atoms with van der Waals surface area (Å²) in [6.45, 7) is -0.279. The standard InChI is InChI=1S/C16H12Br3ClN2O4/c1-25-13-4-9(17)3-12(19)16(13)26-7-14(23)22-21-6-8-2-10(20)5-11(18)15(8)24/h2-6,24H,7H2,1H3,(H,22,23)/b21-6-. The van der Waals surface area contributed by atoms with E-state index in [0.717, 1.165) is 4.47 Å². The summed E-state index contributed by atoms with van der Waals surface area (Å²) >= 11 is 15.8. The Morgan fingerprint density at radius 1 is 1.27 bits per heavy atom. The summed E-state index contributed by atoms with van der Waals surface area (Å²) < 4.78 is 12.6. The van der Waals surface area contributed by atoms with Crippen molar-refractivity contribution in [3.63, 3.8) is 0 Å². The average molecular weight is 571 g/mol. The predicted octanol–water partition coefficient (Wildman–Crippen LogP) is 4.87. The summed E-state index contributed by atoms with van der Waals surface area (Å²) in [6.07, 6.45) is 1.28. The molecule has 0 saturated carbocycles. The van der Waals surface area contributed by atoms with Gasteiger partial charge in [0, 0.05) is 15.1 Å². The van der Waals surface area contributed by atoms with Gasteiger partial charge in [0.25, 0.3) is 5.91 Å². The molecule has 0 radical (unpaired) electrons. The third kappa shape index (κ3) is 5.60. The van der Waals surface area contributed by atoms with Crippen LogP contribution in [0, 0.1) is 0 Å². The molecular weight excluding hydrogens is 559 g/mol. The quantitative estimate of drug-likeness (QED) is 0.383. The molecule has 0 saturated heterocycles. The van der Waals surface area contributed by atoms with E-state index in [-0.39, 0.29) is 12.4 Å². The highest BCUT2D eigenvalue weighted by molar-refractivity contribution is 9.11. The van der Waals surface area contributed by atoms with Gasteiger partial charge in [0.1, 0.15) is 5.75 Å². The highest BCUT2D eigenvalue weighted by Gasteiger charge is 2.13. The lowest BCUT2D eigenvalue weighted by Crippen LogP contribution is -2.24. The maximum Gasteiger partial charge on any atom is 0.277 e. The molecule has 0 aromatic heterocycles. The first-order chi connectivity index (χ1) is 12.3. The summed E-state index contributed by atoms with van der Waals surface area (Å²) in [6, 6.07) is 6.55. The lowest BCUT2D eigenvalue weighted by atomic mass is 10.2. The van der Waals surface area contributed by atoms with Gasteiger partial charge in [0.2, 0.25) is 0 Å². The van der Waals surface area contributed by atoms with Crippen LogP contribution in [-0.2, 0) is 4.79 Å². The Bertz CT molecular complexity index is 862. The van der Waals surface area contributed by atoms with Gasteiger partial charge in [-0.1, -0.05) is 27.5 Å². The molecule has 0 aliphatic heterocycles. The Kier molecular flexibility index (Phi) is 7.75. The third-order valence-corrected chi connectivity index (χ3v) is 4.86. The van der Waals surface area contributed by atoms with Crippen LogP contribution in [0.2, 0.25) is 5.02 Å². The van der Waals surface area contributed by atoms with Gasteiger partial charge in [0.15, 0.2) is 18.1 Å². The van der Waals surface area contributed by atoms with Gasteiger partial charge in [-0.15, -0.1) is 0 Å². The number of hydrogen-bond donors (Lipinski definition) is 2. The van der Waals surface area contributed by atoms with Crippen LogP contribution in [0.4, 0.5) is 0 Å². The molecule has 2 N–H and O–H groups in total. The number of benzene rings is 2. The van der Waals surface area contributed by atoms with Crippen LogP contribution in [-0.4, -0.2) is 30.9 Å². The number of amides is 1. The molecule has 2 rings (SSSR count). The number of hydrogen-bond acceptors (Lipinski definition) is 5. The second-order valence-corrected chi connectivity index (χ2v) is 7.89. The Balaban J connectivity index is 1.98. The zero-order valence-electron chi connectivity index (χ0n) is 13.2. The number of carbonyl (C=O) groups is 1. The molecular formula is C16H12Br3ClN2O4. The number of carbonyl (C=O) groups excluding carboxylic acids is 1. The monoisotopic (exact) mass is 568 g/mol. The molecule has 26 heavy (non-hydrogen) atoms. The molecule has 0 bridgehead atoms. The molecule has 0 aliphatic rings. The first-order valence-electron chi connectivity index (χ1n) is 6.97. The lowest BCUT2D eigenvalue weighted by Gasteiger charge is -2.12. The van der Waals surface area contributed by atoms with Crippen LogP contribution in [0.5, 0.6) is 17.2 Å². The average Bonchev–Trinajstić information content (AvgIpc) is 2.57. The zero-order valence-corrected chi connectivity index (χ0v) is 18.7. The smallest absolute Gasteiger partial charge is 0.277 e. The SMILES string of the molecule is COc1cc(Br)cc(Br)c1OCC(=O)N/N=C\c1cc(Cl)cc(Br)c1O. The third-order valence-electron chi connectivity index (χ3n) is 2.99. The van der Waals surface area contributed by atoms with Crippen molar-refractivity contribution >= 4 is 71.5 Å². The second kappa shape index (κ2) is 9.59. The maximum atomic E-state index is 11.9. The fourth-order valence-electron chi connectivity index (χ4n) is 1.86. The van der Waals surface area contributed by atoms with Crippen LogP contribution in [0.1, 0.15) is 5.56 Å². The number of hydrazone groups is 1. The molecule has 0 unspecified atom stereocenters. The van der Waals surface area contributed by atoms with E-state index in [9.17, 15) is 9.90 Å². The summed E-state index contributed by atoms with van der Waals surface area (Å²) in [5, 5.41) is 14.1. The normalized spacial score (nSPS) is 10.8. The van der Waals surface area contributed by atoms with Crippen molar-refractivity contribution in [1.29, 1.82) is 0 Å². The Morgan fingerprint density at radius 2 is 2.00 bits per heavy atom. The van der Waals surface area contributed by atoms with Crippen LogP contribution in [0.3, 0.4) is 0 Å². The first kappa shape index (κ1) is 21.0. The number of methoxy groups -OCH3 is 1. The Labute approximate surface area is 179 Å². The van der Waals surface area contributed by atoms with Crippen molar-refractivity contribution in [3.05, 3.63) is 48.3 Å². The van der Waals surface area contributed by atoms with Gasteiger partial charge in [-0.2, -0.15) is 5.10 Å². The van der Waals surface area contributed by atoms with E-state index in [1.165, 1.54) is 19.4 Å².